The number of aliphatic hydroxyl groups is 1. The van der Waals surface area contributed by atoms with Gasteiger partial charge in [0, 0.05) is 11.1 Å². The van der Waals surface area contributed by atoms with Crippen molar-refractivity contribution in [3.8, 4) is 11.5 Å². The lowest BCUT2D eigenvalue weighted by Crippen LogP contribution is -2.19. The number of ether oxygens (including phenoxy) is 3. The van der Waals surface area contributed by atoms with Gasteiger partial charge in [0.05, 0.1) is 19.8 Å². The Bertz CT molecular complexity index is 802. The molecule has 4 heteroatoms. The minimum Gasteiger partial charge on any atom is -0.496 e. The van der Waals surface area contributed by atoms with Crippen molar-refractivity contribution in [3.05, 3.63) is 22.3 Å². The van der Waals surface area contributed by atoms with E-state index in [9.17, 15) is 5.11 Å². The zero-order valence-corrected chi connectivity index (χ0v) is 24.4. The van der Waals surface area contributed by atoms with Crippen LogP contribution in [0.15, 0.2) is 0 Å². The van der Waals surface area contributed by atoms with Gasteiger partial charge in [0.15, 0.2) is 0 Å². The highest BCUT2D eigenvalue weighted by Gasteiger charge is 2.56. The third-order valence-electron chi connectivity index (χ3n) is 8.41. The Morgan fingerprint density at radius 1 is 0.771 bits per heavy atom. The molecule has 1 aliphatic heterocycles. The van der Waals surface area contributed by atoms with E-state index in [0.29, 0.717) is 0 Å². The summed E-state index contributed by atoms with van der Waals surface area (Å²) in [4.78, 5) is 0. The molecule has 1 aromatic carbocycles. The molecule has 1 heterocycles. The molecule has 0 aliphatic carbocycles. The summed E-state index contributed by atoms with van der Waals surface area (Å²) >= 11 is 0. The van der Waals surface area contributed by atoms with Crippen LogP contribution in [0.5, 0.6) is 11.5 Å². The molecule has 1 unspecified atom stereocenters. The monoisotopic (exact) mass is 490 g/mol. The van der Waals surface area contributed by atoms with Gasteiger partial charge in [-0.15, -0.1) is 0 Å². The first-order valence-electron chi connectivity index (χ1n) is 14.0. The largest absolute Gasteiger partial charge is 0.496 e. The fourth-order valence-electron chi connectivity index (χ4n) is 5.83. The van der Waals surface area contributed by atoms with E-state index in [2.05, 4.69) is 34.6 Å². The minimum atomic E-state index is -0.724. The van der Waals surface area contributed by atoms with Gasteiger partial charge in [-0.25, -0.2) is 0 Å². The number of rotatable bonds is 16. The average molecular weight is 491 g/mol. The van der Waals surface area contributed by atoms with Gasteiger partial charge in [-0.3, -0.25) is 0 Å². The molecular weight excluding hydrogens is 436 g/mol. The van der Waals surface area contributed by atoms with Gasteiger partial charge in [-0.2, -0.15) is 0 Å². The summed E-state index contributed by atoms with van der Waals surface area (Å²) in [6.45, 7) is 17.6. The maximum atomic E-state index is 11.3. The molecule has 0 saturated carbocycles. The summed E-state index contributed by atoms with van der Waals surface area (Å²) in [7, 11) is 3.36. The summed E-state index contributed by atoms with van der Waals surface area (Å²) in [6, 6.07) is 0. The molecule has 202 valence electrons. The topological polar surface area (TPSA) is 51.2 Å². The molecule has 1 fully saturated rings. The van der Waals surface area contributed by atoms with Crippen LogP contribution in [-0.2, 0) is 4.74 Å². The predicted molar refractivity (Wildman–Crippen MR) is 147 cm³/mol. The lowest BCUT2D eigenvalue weighted by molar-refractivity contribution is 0.132. The smallest absolute Gasteiger partial charge is 0.128 e. The summed E-state index contributed by atoms with van der Waals surface area (Å²) in [5, 5.41) is 11.3. The second-order valence-electron chi connectivity index (χ2n) is 12.0. The van der Waals surface area contributed by atoms with Crippen LogP contribution in [0.2, 0.25) is 0 Å². The molecule has 0 bridgehead atoms. The third-order valence-corrected chi connectivity index (χ3v) is 8.41. The minimum absolute atomic E-state index is 0.205. The number of benzene rings is 1. The Morgan fingerprint density at radius 2 is 1.26 bits per heavy atom. The fraction of sp³-hybridized carbons (Fsp3) is 0.806. The van der Waals surface area contributed by atoms with Crippen LogP contribution in [0.1, 0.15) is 121 Å². The summed E-state index contributed by atoms with van der Waals surface area (Å²) < 4.78 is 17.5. The van der Waals surface area contributed by atoms with Crippen molar-refractivity contribution >= 4 is 0 Å². The molecule has 0 spiro atoms. The molecule has 5 atom stereocenters. The highest BCUT2D eigenvalue weighted by molar-refractivity contribution is 5.59. The number of hydrogen-bond acceptors (Lipinski definition) is 4. The van der Waals surface area contributed by atoms with Crippen LogP contribution in [0, 0.1) is 38.5 Å². The van der Waals surface area contributed by atoms with E-state index >= 15 is 0 Å². The zero-order chi connectivity index (χ0) is 26.3. The van der Waals surface area contributed by atoms with E-state index in [1.807, 2.05) is 20.8 Å². The SMILES string of the molecule is COc1c(C)c(C)c(OC)c(C(O)[C@H]2O[C@]2(C)CCC[C@H](C)CCC[C@H](C)CCCC(C)C)c1C. The molecule has 0 amide bonds. The van der Waals surface area contributed by atoms with Crippen molar-refractivity contribution < 1.29 is 19.3 Å². The van der Waals surface area contributed by atoms with Crippen molar-refractivity contribution in [2.45, 2.75) is 131 Å². The van der Waals surface area contributed by atoms with Crippen molar-refractivity contribution in [3.63, 3.8) is 0 Å². The van der Waals surface area contributed by atoms with Gasteiger partial charge in [0.1, 0.15) is 23.7 Å². The number of epoxide rings is 1. The summed E-state index contributed by atoms with van der Waals surface area (Å²) in [6.07, 6.45) is 10.5. The van der Waals surface area contributed by atoms with Crippen molar-refractivity contribution in [1.82, 2.24) is 0 Å². The standard InChI is InChI=1S/C31H54O4/c1-20(2)14-11-15-21(3)16-12-17-22(4)18-13-19-31(8)30(35-31)27(32)26-25(7)28(33-9)23(5)24(6)29(26)34-10/h20-22,27,30,32H,11-19H2,1-10H3/t21-,22-,27?,30-,31-/m1/s1. The average Bonchev–Trinajstić information content (AvgIpc) is 3.47. The summed E-state index contributed by atoms with van der Waals surface area (Å²) in [5.41, 5.74) is 3.53. The van der Waals surface area contributed by atoms with E-state index < -0.39 is 6.10 Å². The number of aliphatic hydroxyl groups excluding tert-OH is 1. The van der Waals surface area contributed by atoms with Crippen LogP contribution in [0.4, 0.5) is 0 Å². The normalized spacial score (nSPS) is 22.2. The quantitative estimate of drug-likeness (QED) is 0.237. The van der Waals surface area contributed by atoms with E-state index in [1.165, 1.54) is 44.9 Å². The molecule has 0 aromatic heterocycles. The molecule has 0 radical (unpaired) electrons. The number of hydrogen-bond donors (Lipinski definition) is 1. The first-order valence-corrected chi connectivity index (χ1v) is 14.0. The molecular formula is C31H54O4. The van der Waals surface area contributed by atoms with E-state index in [-0.39, 0.29) is 11.7 Å². The lowest BCUT2D eigenvalue weighted by atomic mass is 9.87. The lowest BCUT2D eigenvalue weighted by Gasteiger charge is -2.23. The molecule has 2 rings (SSSR count). The van der Waals surface area contributed by atoms with E-state index in [1.54, 1.807) is 14.2 Å². The molecule has 4 nitrogen and oxygen atoms in total. The van der Waals surface area contributed by atoms with E-state index in [4.69, 9.17) is 14.2 Å². The Labute approximate surface area is 216 Å². The highest BCUT2D eigenvalue weighted by Crippen LogP contribution is 2.51. The van der Waals surface area contributed by atoms with Gasteiger partial charge in [-0.1, -0.05) is 79.1 Å². The molecule has 1 saturated heterocycles. The van der Waals surface area contributed by atoms with Crippen LogP contribution in [-0.4, -0.2) is 31.0 Å². The van der Waals surface area contributed by atoms with Crippen molar-refractivity contribution in [1.29, 1.82) is 0 Å². The van der Waals surface area contributed by atoms with Gasteiger partial charge >= 0.3 is 0 Å². The molecule has 1 aliphatic rings. The predicted octanol–water partition coefficient (Wildman–Crippen LogP) is 8.26. The molecule has 35 heavy (non-hydrogen) atoms. The maximum Gasteiger partial charge on any atom is 0.128 e. The third kappa shape index (κ3) is 7.86. The Kier molecular flexibility index (Phi) is 11.4. The van der Waals surface area contributed by atoms with Crippen LogP contribution in [0.25, 0.3) is 0 Å². The Hall–Kier alpha value is -1.26. The van der Waals surface area contributed by atoms with Gasteiger partial charge < -0.3 is 19.3 Å². The molecule has 1 N–H and O–H groups in total. The van der Waals surface area contributed by atoms with Gasteiger partial charge in [-0.05, 0) is 63.0 Å². The van der Waals surface area contributed by atoms with Crippen LogP contribution >= 0.6 is 0 Å². The second-order valence-corrected chi connectivity index (χ2v) is 12.0. The van der Waals surface area contributed by atoms with Crippen molar-refractivity contribution in [2.24, 2.45) is 17.8 Å². The van der Waals surface area contributed by atoms with Gasteiger partial charge in [0.25, 0.3) is 0 Å². The fourth-order valence-corrected chi connectivity index (χ4v) is 5.83. The molecule has 1 aromatic rings. The highest BCUT2D eigenvalue weighted by atomic mass is 16.6. The van der Waals surface area contributed by atoms with Gasteiger partial charge in [0.2, 0.25) is 0 Å². The van der Waals surface area contributed by atoms with Crippen molar-refractivity contribution in [2.75, 3.05) is 14.2 Å². The zero-order valence-electron chi connectivity index (χ0n) is 24.4. The second kappa shape index (κ2) is 13.3. The van der Waals surface area contributed by atoms with Crippen LogP contribution < -0.4 is 9.47 Å². The first-order chi connectivity index (χ1) is 16.5. The van der Waals surface area contributed by atoms with E-state index in [0.717, 1.165) is 64.3 Å². The number of methoxy groups -OCH3 is 2. The summed E-state index contributed by atoms with van der Waals surface area (Å²) in [5.74, 6) is 4.00. The Morgan fingerprint density at radius 3 is 1.77 bits per heavy atom. The van der Waals surface area contributed by atoms with Crippen LogP contribution in [0.3, 0.4) is 0 Å². The maximum absolute atomic E-state index is 11.3. The Balaban J connectivity index is 1.82. The first kappa shape index (κ1) is 30.0.